The quantitative estimate of drug-likeness (QED) is 0.331. The maximum atomic E-state index is 13.1. The fourth-order valence-electron chi connectivity index (χ4n) is 2.79. The van der Waals surface area contributed by atoms with Crippen molar-refractivity contribution in [3.05, 3.63) is 37.5 Å². The number of anilines is 1. The largest absolute Gasteiger partial charge is 0.465 e. The number of rotatable bonds is 9. The van der Waals surface area contributed by atoms with E-state index in [1.54, 1.807) is 6.92 Å². The molecule has 0 radical (unpaired) electrons. The Kier molecular flexibility index (Phi) is 7.97. The van der Waals surface area contributed by atoms with Gasteiger partial charge >= 0.3 is 17.6 Å². The molecule has 1 amide bonds. The molecule has 0 aliphatic heterocycles. The third-order valence-corrected chi connectivity index (χ3v) is 5.48. The van der Waals surface area contributed by atoms with E-state index < -0.39 is 47.1 Å². The van der Waals surface area contributed by atoms with E-state index in [4.69, 9.17) is 4.74 Å². The number of alkyl halides is 2. The van der Waals surface area contributed by atoms with Crippen LogP contribution < -0.4 is 5.32 Å². The van der Waals surface area contributed by atoms with Gasteiger partial charge in [-0.1, -0.05) is 6.92 Å². The Balaban J connectivity index is 2.37. The molecule has 2 rings (SSSR count). The Morgan fingerprint density at radius 3 is 2.44 bits per heavy atom. The summed E-state index contributed by atoms with van der Waals surface area (Å²) in [7, 11) is 1.16. The number of hydrogen-bond acceptors (Lipinski definition) is 9. The molecule has 0 unspecified atom stereocenters. The van der Waals surface area contributed by atoms with Crippen LogP contribution in [0.25, 0.3) is 0 Å². The number of carbonyl (C=O) groups is 3. The number of nitrogens with zero attached hydrogens (tertiary/aromatic N) is 3. The Morgan fingerprint density at radius 1 is 1.28 bits per heavy atom. The van der Waals surface area contributed by atoms with E-state index in [0.717, 1.165) is 23.1 Å². The third-order valence-electron chi connectivity index (χ3n) is 4.30. The molecule has 0 saturated heterocycles. The lowest BCUT2D eigenvalue weighted by atomic mass is 10.1. The summed E-state index contributed by atoms with van der Waals surface area (Å²) in [5.41, 5.74) is -1.97. The first-order chi connectivity index (χ1) is 15.0. The SMILES string of the molecule is CCCOC(=O)c1c(NC(=O)Cn2nc(C(F)F)c([N+](=O)[O-])c2C)sc(C(=O)OC)c1C. The molecule has 1 N–H and O–H groups in total. The second kappa shape index (κ2) is 10.3. The van der Waals surface area contributed by atoms with Crippen LogP contribution in [0.2, 0.25) is 0 Å². The molecule has 11 nitrogen and oxygen atoms in total. The Hall–Kier alpha value is -3.42. The summed E-state index contributed by atoms with van der Waals surface area (Å²) in [6.07, 6.45) is -2.66. The highest BCUT2D eigenvalue weighted by molar-refractivity contribution is 7.18. The minimum atomic E-state index is -3.21. The topological polar surface area (TPSA) is 143 Å². The molecule has 32 heavy (non-hydrogen) atoms. The maximum Gasteiger partial charge on any atom is 0.348 e. The van der Waals surface area contributed by atoms with Gasteiger partial charge in [-0.15, -0.1) is 11.3 Å². The molecular weight excluding hydrogens is 454 g/mol. The van der Waals surface area contributed by atoms with Crippen molar-refractivity contribution in [2.24, 2.45) is 0 Å². The molecule has 2 heterocycles. The van der Waals surface area contributed by atoms with Gasteiger partial charge in [0.1, 0.15) is 22.1 Å². The summed E-state index contributed by atoms with van der Waals surface area (Å²) >= 11 is 0.777. The Labute approximate surface area is 184 Å². The fraction of sp³-hybridized carbons (Fsp3) is 0.444. The van der Waals surface area contributed by atoms with Crippen molar-refractivity contribution in [3.63, 3.8) is 0 Å². The predicted octanol–water partition coefficient (Wildman–Crippen LogP) is 3.40. The number of halogens is 2. The van der Waals surface area contributed by atoms with Crippen LogP contribution in [-0.2, 0) is 20.8 Å². The lowest BCUT2D eigenvalue weighted by Gasteiger charge is -2.08. The van der Waals surface area contributed by atoms with Gasteiger partial charge in [0, 0.05) is 0 Å². The molecule has 0 aromatic carbocycles. The number of ether oxygens (including phenoxy) is 2. The van der Waals surface area contributed by atoms with Crippen molar-refractivity contribution >= 4 is 39.9 Å². The molecule has 0 saturated carbocycles. The molecular formula is C18H20F2N4O7S. The monoisotopic (exact) mass is 474 g/mol. The van der Waals surface area contributed by atoms with Gasteiger partial charge in [0.25, 0.3) is 6.43 Å². The second-order valence-corrected chi connectivity index (χ2v) is 7.49. The van der Waals surface area contributed by atoms with E-state index in [-0.39, 0.29) is 33.3 Å². The van der Waals surface area contributed by atoms with Crippen LogP contribution in [0.1, 0.15) is 56.8 Å². The summed E-state index contributed by atoms with van der Waals surface area (Å²) in [4.78, 5) is 47.2. The molecule has 2 aromatic rings. The molecule has 0 spiro atoms. The van der Waals surface area contributed by atoms with Gasteiger partial charge in [-0.25, -0.2) is 18.4 Å². The number of carbonyl (C=O) groups excluding carboxylic acids is 3. The van der Waals surface area contributed by atoms with Gasteiger partial charge in [0.15, 0.2) is 0 Å². The second-order valence-electron chi connectivity index (χ2n) is 6.47. The zero-order valence-corrected chi connectivity index (χ0v) is 18.4. The molecule has 174 valence electrons. The molecule has 2 aromatic heterocycles. The zero-order chi connectivity index (χ0) is 24.2. The van der Waals surface area contributed by atoms with Crippen LogP contribution in [0.4, 0.5) is 19.5 Å². The van der Waals surface area contributed by atoms with Crippen molar-refractivity contribution in [1.82, 2.24) is 9.78 Å². The van der Waals surface area contributed by atoms with Gasteiger partial charge < -0.3 is 14.8 Å². The average molecular weight is 474 g/mol. The number of esters is 2. The standard InChI is InChI=1S/C18H20F2N4O7S/c1-5-6-31-17(26)11-8(2)14(18(27)30-4)32-16(11)21-10(25)7-23-9(3)13(24(28)29)12(22-23)15(19)20/h15H,5-7H2,1-4H3,(H,21,25). The maximum absolute atomic E-state index is 13.1. The van der Waals surface area contributed by atoms with Crippen molar-refractivity contribution in [2.45, 2.75) is 40.2 Å². The van der Waals surface area contributed by atoms with Gasteiger partial charge in [0.2, 0.25) is 11.6 Å². The molecule has 0 bridgehead atoms. The minimum Gasteiger partial charge on any atom is -0.465 e. The van der Waals surface area contributed by atoms with Crippen LogP contribution in [0, 0.1) is 24.0 Å². The summed E-state index contributed by atoms with van der Waals surface area (Å²) < 4.78 is 36.7. The molecule has 0 atom stereocenters. The third kappa shape index (κ3) is 5.07. The van der Waals surface area contributed by atoms with Crippen LogP contribution >= 0.6 is 11.3 Å². The molecule has 0 aliphatic rings. The van der Waals surface area contributed by atoms with Crippen LogP contribution in [0.3, 0.4) is 0 Å². The fourth-order valence-corrected chi connectivity index (χ4v) is 3.92. The number of aromatic nitrogens is 2. The lowest BCUT2D eigenvalue weighted by molar-refractivity contribution is -0.386. The molecule has 14 heteroatoms. The summed E-state index contributed by atoms with van der Waals surface area (Å²) in [5.74, 6) is -2.30. The van der Waals surface area contributed by atoms with E-state index >= 15 is 0 Å². The summed E-state index contributed by atoms with van der Waals surface area (Å²) in [6.45, 7) is 3.92. The van der Waals surface area contributed by atoms with Crippen molar-refractivity contribution < 1.29 is 37.6 Å². The van der Waals surface area contributed by atoms with Gasteiger partial charge in [-0.2, -0.15) is 5.10 Å². The van der Waals surface area contributed by atoms with E-state index in [9.17, 15) is 33.3 Å². The number of hydrogen-bond donors (Lipinski definition) is 1. The highest BCUT2D eigenvalue weighted by Gasteiger charge is 2.32. The number of nitrogens with one attached hydrogen (secondary N) is 1. The first-order valence-corrected chi connectivity index (χ1v) is 10.0. The smallest absolute Gasteiger partial charge is 0.348 e. The van der Waals surface area contributed by atoms with E-state index in [0.29, 0.717) is 6.42 Å². The van der Waals surface area contributed by atoms with E-state index in [1.165, 1.54) is 13.8 Å². The normalized spacial score (nSPS) is 10.8. The van der Waals surface area contributed by atoms with Crippen LogP contribution in [-0.4, -0.2) is 46.3 Å². The van der Waals surface area contributed by atoms with E-state index in [2.05, 4.69) is 15.2 Å². The first kappa shape index (κ1) is 24.8. The highest BCUT2D eigenvalue weighted by Crippen LogP contribution is 2.35. The lowest BCUT2D eigenvalue weighted by Crippen LogP contribution is -2.21. The molecule has 0 aliphatic carbocycles. The number of methoxy groups -OCH3 is 1. The highest BCUT2D eigenvalue weighted by atomic mass is 32.1. The number of nitro groups is 1. The average Bonchev–Trinajstić information content (AvgIpc) is 3.22. The van der Waals surface area contributed by atoms with Crippen molar-refractivity contribution in [2.75, 3.05) is 19.0 Å². The minimum absolute atomic E-state index is 0.0117. The summed E-state index contributed by atoms with van der Waals surface area (Å²) in [5, 5.41) is 17.0. The van der Waals surface area contributed by atoms with Crippen LogP contribution in [0.15, 0.2) is 0 Å². The van der Waals surface area contributed by atoms with Gasteiger partial charge in [0.05, 0.1) is 24.2 Å². The molecule has 0 fully saturated rings. The summed E-state index contributed by atoms with van der Waals surface area (Å²) in [6, 6.07) is 0. The van der Waals surface area contributed by atoms with Crippen molar-refractivity contribution in [3.8, 4) is 0 Å². The Morgan fingerprint density at radius 2 is 1.94 bits per heavy atom. The number of thiophene rings is 1. The van der Waals surface area contributed by atoms with Crippen molar-refractivity contribution in [1.29, 1.82) is 0 Å². The van der Waals surface area contributed by atoms with Gasteiger partial charge in [-0.3, -0.25) is 19.6 Å². The Bertz CT molecular complexity index is 1060. The number of amides is 1. The van der Waals surface area contributed by atoms with E-state index in [1.807, 2.05) is 0 Å². The predicted molar refractivity (Wildman–Crippen MR) is 108 cm³/mol. The van der Waals surface area contributed by atoms with Gasteiger partial charge in [-0.05, 0) is 25.8 Å². The first-order valence-electron chi connectivity index (χ1n) is 9.21. The van der Waals surface area contributed by atoms with Crippen LogP contribution in [0.5, 0.6) is 0 Å². The zero-order valence-electron chi connectivity index (χ0n) is 17.6.